The topological polar surface area (TPSA) is 53.8 Å². The van der Waals surface area contributed by atoms with Gasteiger partial charge in [-0.15, -0.1) is 0 Å². The second kappa shape index (κ2) is 11.5. The van der Waals surface area contributed by atoms with Crippen LogP contribution in [0.2, 0.25) is 0 Å². The van der Waals surface area contributed by atoms with E-state index in [2.05, 4.69) is 52.5 Å². The molecule has 0 spiro atoms. The summed E-state index contributed by atoms with van der Waals surface area (Å²) in [4.78, 5) is 9.01. The van der Waals surface area contributed by atoms with Crippen LogP contribution in [0.1, 0.15) is 50.4 Å². The minimum absolute atomic E-state index is 0.324. The summed E-state index contributed by atoms with van der Waals surface area (Å²) in [6, 6.07) is 8.77. The molecule has 1 aromatic carbocycles. The molecule has 0 radical (unpaired) electrons. The highest BCUT2D eigenvalue weighted by Crippen LogP contribution is 2.22. The first-order valence-corrected chi connectivity index (χ1v) is 11.3. The van der Waals surface area contributed by atoms with Crippen LogP contribution in [0.3, 0.4) is 0 Å². The molecule has 0 saturated heterocycles. The van der Waals surface area contributed by atoms with Crippen LogP contribution >= 0.6 is 0 Å². The first-order valence-electron chi connectivity index (χ1n) is 11.3. The Morgan fingerprint density at radius 3 is 2.77 bits per heavy atom. The first-order chi connectivity index (χ1) is 14.5. The average Bonchev–Trinajstić information content (AvgIpc) is 3.20. The lowest BCUT2D eigenvalue weighted by Crippen LogP contribution is -2.40. The van der Waals surface area contributed by atoms with Gasteiger partial charge in [0.25, 0.3) is 0 Å². The van der Waals surface area contributed by atoms with Crippen molar-refractivity contribution in [3.05, 3.63) is 48.0 Å². The number of ether oxygens (including phenoxy) is 1. The molecule has 1 fully saturated rings. The SMILES string of the molecule is CCn1ccnc1CN(C)Cc1cccc(OCC(O)CN(C)C2CCCCC2)c1. The van der Waals surface area contributed by atoms with Crippen LogP contribution in [-0.2, 0) is 19.6 Å². The Hall–Kier alpha value is -1.89. The monoisotopic (exact) mass is 414 g/mol. The van der Waals surface area contributed by atoms with E-state index in [0.29, 0.717) is 19.2 Å². The van der Waals surface area contributed by atoms with E-state index in [1.807, 2.05) is 24.5 Å². The number of aromatic nitrogens is 2. The summed E-state index contributed by atoms with van der Waals surface area (Å²) >= 11 is 0. The van der Waals surface area contributed by atoms with E-state index in [9.17, 15) is 5.11 Å². The van der Waals surface area contributed by atoms with E-state index < -0.39 is 6.10 Å². The Kier molecular flexibility index (Phi) is 8.73. The van der Waals surface area contributed by atoms with Gasteiger partial charge in [-0.2, -0.15) is 0 Å². The van der Waals surface area contributed by atoms with Crippen LogP contribution in [0, 0.1) is 0 Å². The van der Waals surface area contributed by atoms with Crippen molar-refractivity contribution in [1.82, 2.24) is 19.4 Å². The predicted molar refractivity (Wildman–Crippen MR) is 121 cm³/mol. The van der Waals surface area contributed by atoms with E-state index >= 15 is 0 Å². The van der Waals surface area contributed by atoms with Gasteiger partial charge in [-0.05, 0) is 51.6 Å². The van der Waals surface area contributed by atoms with Crippen LogP contribution in [0.15, 0.2) is 36.7 Å². The van der Waals surface area contributed by atoms with Crippen LogP contribution < -0.4 is 4.74 Å². The number of aliphatic hydroxyl groups excluding tert-OH is 1. The van der Waals surface area contributed by atoms with Gasteiger partial charge in [0.05, 0.1) is 6.54 Å². The molecule has 1 N–H and O–H groups in total. The highest BCUT2D eigenvalue weighted by Gasteiger charge is 2.20. The fourth-order valence-electron chi connectivity index (χ4n) is 4.37. The maximum atomic E-state index is 10.4. The third-order valence-corrected chi connectivity index (χ3v) is 6.04. The number of benzene rings is 1. The maximum absolute atomic E-state index is 10.4. The lowest BCUT2D eigenvalue weighted by atomic mass is 9.94. The highest BCUT2D eigenvalue weighted by atomic mass is 16.5. The molecule has 0 amide bonds. The van der Waals surface area contributed by atoms with Crippen molar-refractivity contribution in [2.75, 3.05) is 27.2 Å². The van der Waals surface area contributed by atoms with Crippen LogP contribution in [0.25, 0.3) is 0 Å². The average molecular weight is 415 g/mol. The van der Waals surface area contributed by atoms with Crippen LogP contribution in [0.5, 0.6) is 5.75 Å². The van der Waals surface area contributed by atoms with Crippen molar-refractivity contribution in [3.8, 4) is 5.75 Å². The molecule has 0 bridgehead atoms. The second-order valence-electron chi connectivity index (χ2n) is 8.65. The number of hydrogen-bond donors (Lipinski definition) is 1. The summed E-state index contributed by atoms with van der Waals surface area (Å²) in [5.74, 6) is 1.90. The van der Waals surface area contributed by atoms with Gasteiger partial charge in [0.1, 0.15) is 24.3 Å². The van der Waals surface area contributed by atoms with E-state index in [0.717, 1.165) is 31.2 Å². The van der Waals surface area contributed by atoms with Crippen molar-refractivity contribution in [2.45, 2.75) is 70.8 Å². The Balaban J connectivity index is 1.45. The molecule has 1 aliphatic rings. The molecule has 1 heterocycles. The minimum Gasteiger partial charge on any atom is -0.491 e. The molecule has 2 aromatic rings. The second-order valence-corrected chi connectivity index (χ2v) is 8.65. The van der Waals surface area contributed by atoms with Gasteiger partial charge in [-0.3, -0.25) is 4.90 Å². The van der Waals surface area contributed by atoms with Gasteiger partial charge in [0.2, 0.25) is 0 Å². The molecule has 1 aliphatic carbocycles. The molecule has 6 nitrogen and oxygen atoms in total. The molecular weight excluding hydrogens is 376 g/mol. The van der Waals surface area contributed by atoms with Crippen molar-refractivity contribution in [2.24, 2.45) is 0 Å². The number of aryl methyl sites for hydroxylation is 1. The van der Waals surface area contributed by atoms with E-state index in [4.69, 9.17) is 4.74 Å². The predicted octanol–water partition coefficient (Wildman–Crippen LogP) is 3.54. The van der Waals surface area contributed by atoms with Gasteiger partial charge in [0, 0.05) is 38.1 Å². The zero-order valence-electron chi connectivity index (χ0n) is 18.8. The lowest BCUT2D eigenvalue weighted by molar-refractivity contribution is 0.0561. The van der Waals surface area contributed by atoms with Gasteiger partial charge in [-0.25, -0.2) is 4.98 Å². The quantitative estimate of drug-likeness (QED) is 0.610. The number of hydrogen-bond acceptors (Lipinski definition) is 5. The van der Waals surface area contributed by atoms with E-state index in [-0.39, 0.29) is 0 Å². The molecular formula is C24H38N4O2. The number of imidazole rings is 1. The Labute approximate surface area is 181 Å². The van der Waals surface area contributed by atoms with Gasteiger partial charge >= 0.3 is 0 Å². The largest absolute Gasteiger partial charge is 0.491 e. The Morgan fingerprint density at radius 1 is 1.20 bits per heavy atom. The summed E-state index contributed by atoms with van der Waals surface area (Å²) in [6.45, 7) is 5.68. The number of likely N-dealkylation sites (N-methyl/N-ethyl adjacent to an activating group) is 1. The minimum atomic E-state index is -0.476. The van der Waals surface area contributed by atoms with Crippen molar-refractivity contribution < 1.29 is 9.84 Å². The summed E-state index contributed by atoms with van der Waals surface area (Å²) in [5, 5.41) is 10.4. The van der Waals surface area contributed by atoms with Gasteiger partial charge in [0.15, 0.2) is 0 Å². The normalized spacial score (nSPS) is 16.3. The summed E-state index contributed by atoms with van der Waals surface area (Å²) in [7, 11) is 4.23. The third-order valence-electron chi connectivity index (χ3n) is 6.04. The van der Waals surface area contributed by atoms with Crippen molar-refractivity contribution in [1.29, 1.82) is 0 Å². The third kappa shape index (κ3) is 6.83. The molecule has 166 valence electrons. The standard InChI is InChI=1S/C24H38N4O2/c1-4-28-14-13-25-24(28)18-26(2)16-20-9-8-12-23(15-20)30-19-22(29)17-27(3)21-10-6-5-7-11-21/h8-9,12-15,21-22,29H,4-7,10-11,16-19H2,1-3H3. The van der Waals surface area contributed by atoms with E-state index in [1.165, 1.54) is 37.7 Å². The molecule has 30 heavy (non-hydrogen) atoms. The summed E-state index contributed by atoms with van der Waals surface area (Å²) in [6.07, 6.45) is 9.87. The highest BCUT2D eigenvalue weighted by molar-refractivity contribution is 5.28. The molecule has 1 unspecified atom stereocenters. The van der Waals surface area contributed by atoms with Gasteiger partial charge in [-0.1, -0.05) is 31.4 Å². The van der Waals surface area contributed by atoms with Gasteiger partial charge < -0.3 is 19.3 Å². The molecule has 1 saturated carbocycles. The molecule has 1 atom stereocenters. The Bertz CT molecular complexity index is 757. The number of aliphatic hydroxyl groups is 1. The zero-order chi connectivity index (χ0) is 21.3. The van der Waals surface area contributed by atoms with Crippen molar-refractivity contribution in [3.63, 3.8) is 0 Å². The molecule has 3 rings (SSSR count). The Morgan fingerprint density at radius 2 is 2.00 bits per heavy atom. The molecule has 6 heteroatoms. The lowest BCUT2D eigenvalue weighted by Gasteiger charge is -2.32. The fourth-order valence-corrected chi connectivity index (χ4v) is 4.37. The molecule has 0 aliphatic heterocycles. The fraction of sp³-hybridized carbons (Fsp3) is 0.625. The number of rotatable bonds is 11. The smallest absolute Gasteiger partial charge is 0.122 e. The molecule has 1 aromatic heterocycles. The summed E-state index contributed by atoms with van der Waals surface area (Å²) < 4.78 is 8.08. The maximum Gasteiger partial charge on any atom is 0.122 e. The number of nitrogens with zero attached hydrogens (tertiary/aromatic N) is 4. The van der Waals surface area contributed by atoms with Crippen LogP contribution in [-0.4, -0.2) is 63.9 Å². The van der Waals surface area contributed by atoms with E-state index in [1.54, 1.807) is 0 Å². The summed E-state index contributed by atoms with van der Waals surface area (Å²) in [5.41, 5.74) is 1.19. The first kappa shape index (κ1) is 22.8. The van der Waals surface area contributed by atoms with Crippen molar-refractivity contribution >= 4 is 0 Å². The van der Waals surface area contributed by atoms with Crippen LogP contribution in [0.4, 0.5) is 0 Å². The zero-order valence-corrected chi connectivity index (χ0v) is 18.8.